The van der Waals surface area contributed by atoms with Crippen LogP contribution in [0.15, 0.2) is 54.6 Å². The summed E-state index contributed by atoms with van der Waals surface area (Å²) in [5.41, 5.74) is 1.94. The van der Waals surface area contributed by atoms with E-state index in [4.69, 9.17) is 0 Å². The number of rotatable bonds is 5. The summed E-state index contributed by atoms with van der Waals surface area (Å²) in [7, 11) is 5.43. The van der Waals surface area contributed by atoms with Crippen LogP contribution in [0.4, 0.5) is 10.1 Å². The number of carbonyl (C=O) groups excluding carboxylic acids is 1. The molecule has 2 aromatic rings. The first-order valence-electron chi connectivity index (χ1n) is 7.22. The van der Waals surface area contributed by atoms with Crippen LogP contribution in [-0.4, -0.2) is 32.0 Å². The van der Waals surface area contributed by atoms with Crippen LogP contribution in [0.25, 0.3) is 0 Å². The zero-order chi connectivity index (χ0) is 16.1. The standard InChI is InChI=1S/C18H21FN2O/c1-20(2)18(22)13-17(14-7-5-4-6-8-14)21(3)16-11-9-15(19)10-12-16/h4-12,17H,13H2,1-3H3. The van der Waals surface area contributed by atoms with Crippen molar-refractivity contribution >= 4 is 11.6 Å². The molecule has 0 saturated carbocycles. The molecule has 116 valence electrons. The lowest BCUT2D eigenvalue weighted by Crippen LogP contribution is -2.31. The molecule has 0 heterocycles. The number of anilines is 1. The molecule has 3 nitrogen and oxygen atoms in total. The molecule has 0 aliphatic carbocycles. The molecule has 0 fully saturated rings. The SMILES string of the molecule is CN(C)C(=O)CC(c1ccccc1)N(C)c1ccc(F)cc1. The zero-order valence-corrected chi connectivity index (χ0v) is 13.2. The molecule has 0 radical (unpaired) electrons. The Hall–Kier alpha value is -2.36. The van der Waals surface area contributed by atoms with Crippen LogP contribution in [-0.2, 0) is 4.79 Å². The van der Waals surface area contributed by atoms with Gasteiger partial charge in [-0.3, -0.25) is 4.79 Å². The van der Waals surface area contributed by atoms with Gasteiger partial charge in [0, 0.05) is 26.8 Å². The predicted octanol–water partition coefficient (Wildman–Crippen LogP) is 3.48. The minimum Gasteiger partial charge on any atom is -0.367 e. The van der Waals surface area contributed by atoms with E-state index in [1.807, 2.05) is 42.3 Å². The number of hydrogen-bond acceptors (Lipinski definition) is 2. The fraction of sp³-hybridized carbons (Fsp3) is 0.278. The third-order valence-corrected chi connectivity index (χ3v) is 3.75. The van der Waals surface area contributed by atoms with Gasteiger partial charge in [0.05, 0.1) is 12.5 Å². The van der Waals surface area contributed by atoms with Gasteiger partial charge in [0.25, 0.3) is 0 Å². The molecule has 0 aromatic heterocycles. The van der Waals surface area contributed by atoms with Crippen molar-refractivity contribution in [2.75, 3.05) is 26.0 Å². The Morgan fingerprint density at radius 1 is 1.00 bits per heavy atom. The average molecular weight is 300 g/mol. The summed E-state index contributed by atoms with van der Waals surface area (Å²) in [6, 6.07) is 16.1. The van der Waals surface area contributed by atoms with Crippen molar-refractivity contribution in [1.29, 1.82) is 0 Å². The second-order valence-corrected chi connectivity index (χ2v) is 5.51. The Labute approximate surface area is 131 Å². The molecule has 0 aliphatic rings. The highest BCUT2D eigenvalue weighted by Gasteiger charge is 2.21. The summed E-state index contributed by atoms with van der Waals surface area (Å²) in [5.74, 6) is -0.208. The van der Waals surface area contributed by atoms with E-state index in [1.165, 1.54) is 12.1 Å². The number of nitrogens with zero attached hydrogens (tertiary/aromatic N) is 2. The van der Waals surface area contributed by atoms with Crippen LogP contribution < -0.4 is 4.90 Å². The first-order chi connectivity index (χ1) is 10.5. The molecule has 0 saturated heterocycles. The third-order valence-electron chi connectivity index (χ3n) is 3.75. The van der Waals surface area contributed by atoms with E-state index >= 15 is 0 Å². The molecule has 0 spiro atoms. The maximum absolute atomic E-state index is 13.1. The van der Waals surface area contributed by atoms with Crippen molar-refractivity contribution in [3.63, 3.8) is 0 Å². The van der Waals surface area contributed by atoms with Crippen LogP contribution >= 0.6 is 0 Å². The summed E-state index contributed by atoms with van der Waals surface area (Å²) >= 11 is 0. The average Bonchev–Trinajstić information content (AvgIpc) is 2.53. The Bertz CT molecular complexity index is 611. The van der Waals surface area contributed by atoms with Gasteiger partial charge < -0.3 is 9.80 Å². The zero-order valence-electron chi connectivity index (χ0n) is 13.2. The smallest absolute Gasteiger partial charge is 0.224 e. The second kappa shape index (κ2) is 7.07. The molecule has 1 unspecified atom stereocenters. The monoisotopic (exact) mass is 300 g/mol. The second-order valence-electron chi connectivity index (χ2n) is 5.51. The molecule has 0 aliphatic heterocycles. The number of halogens is 1. The van der Waals surface area contributed by atoms with Crippen molar-refractivity contribution in [3.05, 3.63) is 66.0 Å². The maximum Gasteiger partial charge on any atom is 0.224 e. The van der Waals surface area contributed by atoms with Crippen molar-refractivity contribution in [2.45, 2.75) is 12.5 Å². The van der Waals surface area contributed by atoms with Crippen LogP contribution in [0.2, 0.25) is 0 Å². The molecule has 0 N–H and O–H groups in total. The van der Waals surface area contributed by atoms with Crippen LogP contribution in [0, 0.1) is 5.82 Å². The van der Waals surface area contributed by atoms with Crippen molar-refractivity contribution in [3.8, 4) is 0 Å². The van der Waals surface area contributed by atoms with Gasteiger partial charge >= 0.3 is 0 Å². The summed E-state index contributed by atoms with van der Waals surface area (Å²) in [6.45, 7) is 0. The summed E-state index contributed by atoms with van der Waals surface area (Å²) in [6.07, 6.45) is 0.366. The number of hydrogen-bond donors (Lipinski definition) is 0. The van der Waals surface area contributed by atoms with Gasteiger partial charge in [0.15, 0.2) is 0 Å². The van der Waals surface area contributed by atoms with Crippen molar-refractivity contribution < 1.29 is 9.18 Å². The van der Waals surface area contributed by atoms with Gasteiger partial charge in [-0.25, -0.2) is 4.39 Å². The molecular formula is C18H21FN2O. The fourth-order valence-corrected chi connectivity index (χ4v) is 2.36. The van der Waals surface area contributed by atoms with E-state index in [0.29, 0.717) is 6.42 Å². The summed E-state index contributed by atoms with van der Waals surface area (Å²) < 4.78 is 13.1. The number of benzene rings is 2. The Morgan fingerprint density at radius 3 is 2.14 bits per heavy atom. The highest BCUT2D eigenvalue weighted by atomic mass is 19.1. The fourth-order valence-electron chi connectivity index (χ4n) is 2.36. The quantitative estimate of drug-likeness (QED) is 0.844. The van der Waals surface area contributed by atoms with Crippen LogP contribution in [0.5, 0.6) is 0 Å². The lowest BCUT2D eigenvalue weighted by atomic mass is 10.0. The van der Waals surface area contributed by atoms with Gasteiger partial charge in [0.1, 0.15) is 5.82 Å². The van der Waals surface area contributed by atoms with Gasteiger partial charge in [-0.15, -0.1) is 0 Å². The highest BCUT2D eigenvalue weighted by Crippen LogP contribution is 2.28. The Morgan fingerprint density at radius 2 is 1.59 bits per heavy atom. The van der Waals surface area contributed by atoms with Gasteiger partial charge in [0.2, 0.25) is 5.91 Å². The molecule has 1 amide bonds. The molecule has 22 heavy (non-hydrogen) atoms. The highest BCUT2D eigenvalue weighted by molar-refractivity contribution is 5.77. The van der Waals surface area contributed by atoms with Crippen LogP contribution in [0.1, 0.15) is 18.0 Å². The Kier molecular flexibility index (Phi) is 5.15. The molecule has 4 heteroatoms. The summed E-state index contributed by atoms with van der Waals surface area (Å²) in [5, 5.41) is 0. The molecule has 1 atom stereocenters. The first-order valence-corrected chi connectivity index (χ1v) is 7.22. The normalized spacial score (nSPS) is 11.8. The molecular weight excluding hydrogens is 279 g/mol. The minimum absolute atomic E-state index is 0.0582. The maximum atomic E-state index is 13.1. The van der Waals surface area contributed by atoms with E-state index in [2.05, 4.69) is 0 Å². The predicted molar refractivity (Wildman–Crippen MR) is 87.3 cm³/mol. The lowest BCUT2D eigenvalue weighted by Gasteiger charge is -2.31. The van der Waals surface area contributed by atoms with Gasteiger partial charge in [-0.1, -0.05) is 30.3 Å². The van der Waals surface area contributed by atoms with Crippen LogP contribution in [0.3, 0.4) is 0 Å². The summed E-state index contributed by atoms with van der Waals surface area (Å²) in [4.78, 5) is 15.8. The van der Waals surface area contributed by atoms with E-state index in [-0.39, 0.29) is 17.8 Å². The van der Waals surface area contributed by atoms with Gasteiger partial charge in [-0.2, -0.15) is 0 Å². The van der Waals surface area contributed by atoms with E-state index < -0.39 is 0 Å². The number of amides is 1. The molecule has 0 bridgehead atoms. The largest absolute Gasteiger partial charge is 0.367 e. The molecule has 2 aromatic carbocycles. The van der Waals surface area contributed by atoms with Gasteiger partial charge in [-0.05, 0) is 29.8 Å². The topological polar surface area (TPSA) is 23.6 Å². The molecule has 2 rings (SSSR count). The Balaban J connectivity index is 2.31. The first kappa shape index (κ1) is 16.0. The van der Waals surface area contributed by atoms with E-state index in [9.17, 15) is 9.18 Å². The van der Waals surface area contributed by atoms with E-state index in [0.717, 1.165) is 11.3 Å². The minimum atomic E-state index is -0.266. The van der Waals surface area contributed by atoms with E-state index in [1.54, 1.807) is 31.1 Å². The third kappa shape index (κ3) is 3.85. The van der Waals surface area contributed by atoms with Crippen molar-refractivity contribution in [1.82, 2.24) is 4.90 Å². The number of carbonyl (C=O) groups is 1. The lowest BCUT2D eigenvalue weighted by molar-refractivity contribution is -0.129. The van der Waals surface area contributed by atoms with Crippen molar-refractivity contribution in [2.24, 2.45) is 0 Å².